The van der Waals surface area contributed by atoms with Crippen molar-refractivity contribution in [3.8, 4) is 0 Å². The molecule has 3 N–H and O–H groups in total. The number of nitrogens with one attached hydrogen (secondary N) is 1. The fourth-order valence-corrected chi connectivity index (χ4v) is 7.48. The first kappa shape index (κ1) is 30.8. The van der Waals surface area contributed by atoms with Crippen LogP contribution in [0.4, 0.5) is 0 Å². The van der Waals surface area contributed by atoms with Crippen LogP contribution in [0, 0.1) is 12.3 Å². The molecule has 0 spiro atoms. The van der Waals surface area contributed by atoms with Gasteiger partial charge in [0.1, 0.15) is 6.04 Å². The molecule has 1 aliphatic rings. The molecule has 2 amide bonds. The molecule has 0 aliphatic carbocycles. The first-order valence-corrected chi connectivity index (χ1v) is 15.3. The lowest BCUT2D eigenvalue weighted by molar-refractivity contribution is -0.125. The first-order chi connectivity index (χ1) is 19.2. The first-order valence-electron chi connectivity index (χ1n) is 13.1. The second kappa shape index (κ2) is 12.0. The average Bonchev–Trinajstić information content (AvgIpc) is 3.33. The number of hydrogen-bond acceptors (Lipinski definition) is 4. The van der Waals surface area contributed by atoms with Crippen molar-refractivity contribution < 1.29 is 18.0 Å². The van der Waals surface area contributed by atoms with Crippen LogP contribution in [0.5, 0.6) is 0 Å². The van der Waals surface area contributed by atoms with Gasteiger partial charge in [-0.05, 0) is 47.2 Å². The number of halogens is 2. The van der Waals surface area contributed by atoms with Gasteiger partial charge in [0.2, 0.25) is 21.8 Å². The van der Waals surface area contributed by atoms with Crippen LogP contribution in [0.2, 0.25) is 10.0 Å². The molecular formula is C31H33Cl2N3O4S. The number of benzene rings is 3. The van der Waals surface area contributed by atoms with Gasteiger partial charge in [0.15, 0.2) is 0 Å². The summed E-state index contributed by atoms with van der Waals surface area (Å²) in [5.74, 6) is -1.30. The standard InChI is InChI=1S/C31H33Cl2N3O4S/c1-19-10-8-9-13-26(19)41(39,40)36-27(31(2,3)4)18-22(28(36)21-14-15-23(32)24(33)17-21)30(38)35-25(29(34)37)16-20-11-6-5-7-12-20/h5-15,17-18,25,27-28H,16H2,1-4H3,(H2,34,37)(H,35,38)/t25-,27-,28-/m0/s1. The third-order valence-electron chi connectivity index (χ3n) is 7.15. The Kier molecular flexibility index (Phi) is 8.99. The Morgan fingerprint density at radius 1 is 0.976 bits per heavy atom. The smallest absolute Gasteiger partial charge is 0.249 e. The van der Waals surface area contributed by atoms with Gasteiger partial charge in [-0.3, -0.25) is 9.59 Å². The lowest BCUT2D eigenvalue weighted by atomic mass is 9.87. The molecule has 4 rings (SSSR count). The van der Waals surface area contributed by atoms with Gasteiger partial charge in [0, 0.05) is 18.0 Å². The van der Waals surface area contributed by atoms with Crippen molar-refractivity contribution in [1.29, 1.82) is 0 Å². The number of carbonyl (C=O) groups excluding carboxylic acids is 2. The molecule has 0 saturated heterocycles. The summed E-state index contributed by atoms with van der Waals surface area (Å²) in [6, 6.07) is 17.9. The van der Waals surface area contributed by atoms with Gasteiger partial charge in [-0.25, -0.2) is 8.42 Å². The number of rotatable bonds is 8. The van der Waals surface area contributed by atoms with Crippen molar-refractivity contribution in [3.05, 3.63) is 111 Å². The molecule has 3 aromatic carbocycles. The zero-order valence-electron chi connectivity index (χ0n) is 23.3. The SMILES string of the molecule is Cc1ccccc1S(=O)(=O)N1[C@@H](c2ccc(Cl)c(Cl)c2)C(C(=O)N[C@@H](Cc2ccccc2)C(N)=O)=C[C@H]1C(C)(C)C. The third kappa shape index (κ3) is 6.51. The van der Waals surface area contributed by atoms with E-state index in [1.54, 1.807) is 55.5 Å². The quantitative estimate of drug-likeness (QED) is 0.344. The lowest BCUT2D eigenvalue weighted by Gasteiger charge is -2.37. The molecule has 3 atom stereocenters. The Balaban J connectivity index is 1.85. The Morgan fingerprint density at radius 3 is 2.20 bits per heavy atom. The van der Waals surface area contributed by atoms with Crippen LogP contribution >= 0.6 is 23.2 Å². The molecule has 0 saturated carbocycles. The average molecular weight is 615 g/mol. The molecule has 0 fully saturated rings. The van der Waals surface area contributed by atoms with Gasteiger partial charge in [-0.1, -0.05) is 105 Å². The Labute approximate surface area is 251 Å². The van der Waals surface area contributed by atoms with E-state index in [-0.39, 0.29) is 21.9 Å². The van der Waals surface area contributed by atoms with Crippen LogP contribution < -0.4 is 11.1 Å². The number of amides is 2. The minimum absolute atomic E-state index is 0.133. The molecular weight excluding hydrogens is 581 g/mol. The van der Waals surface area contributed by atoms with E-state index < -0.39 is 45.4 Å². The number of carbonyl (C=O) groups is 2. The molecule has 3 aromatic rings. The molecule has 7 nitrogen and oxygen atoms in total. The van der Waals surface area contributed by atoms with E-state index in [0.29, 0.717) is 16.1 Å². The normalized spacial score (nSPS) is 18.5. The van der Waals surface area contributed by atoms with E-state index >= 15 is 0 Å². The zero-order chi connectivity index (χ0) is 30.1. The fraction of sp³-hybridized carbons (Fsp3) is 0.290. The van der Waals surface area contributed by atoms with E-state index in [1.165, 1.54) is 4.31 Å². The van der Waals surface area contributed by atoms with Crippen molar-refractivity contribution in [2.45, 2.75) is 57.1 Å². The highest BCUT2D eigenvalue weighted by Gasteiger charge is 2.50. The third-order valence-corrected chi connectivity index (χ3v) is 9.90. The molecule has 0 radical (unpaired) electrons. The fourth-order valence-electron chi connectivity index (χ4n) is 5.03. The Bertz CT molecular complexity index is 1600. The van der Waals surface area contributed by atoms with Gasteiger partial charge in [-0.2, -0.15) is 4.31 Å². The summed E-state index contributed by atoms with van der Waals surface area (Å²) >= 11 is 12.6. The predicted octanol–water partition coefficient (Wildman–Crippen LogP) is 5.60. The zero-order valence-corrected chi connectivity index (χ0v) is 25.6. The molecule has 0 unspecified atom stereocenters. The minimum atomic E-state index is -4.15. The Morgan fingerprint density at radius 2 is 1.61 bits per heavy atom. The summed E-state index contributed by atoms with van der Waals surface area (Å²) in [5.41, 5.74) is 7.09. The number of sulfonamides is 1. The molecule has 0 bridgehead atoms. The van der Waals surface area contributed by atoms with E-state index in [0.717, 1.165) is 5.56 Å². The largest absolute Gasteiger partial charge is 0.368 e. The van der Waals surface area contributed by atoms with Crippen molar-refractivity contribution in [2.75, 3.05) is 0 Å². The molecule has 1 aliphatic heterocycles. The maximum Gasteiger partial charge on any atom is 0.249 e. The van der Waals surface area contributed by atoms with E-state index in [4.69, 9.17) is 28.9 Å². The van der Waals surface area contributed by atoms with Crippen molar-refractivity contribution in [3.63, 3.8) is 0 Å². The van der Waals surface area contributed by atoms with Crippen molar-refractivity contribution in [1.82, 2.24) is 9.62 Å². The molecule has 10 heteroatoms. The van der Waals surface area contributed by atoms with Crippen LogP contribution in [0.3, 0.4) is 0 Å². The topological polar surface area (TPSA) is 110 Å². The summed E-state index contributed by atoms with van der Waals surface area (Å²) in [6.45, 7) is 7.44. The molecule has 0 aromatic heterocycles. The predicted molar refractivity (Wildman–Crippen MR) is 162 cm³/mol. The maximum atomic E-state index is 14.4. The van der Waals surface area contributed by atoms with E-state index in [1.807, 2.05) is 51.1 Å². The summed E-state index contributed by atoms with van der Waals surface area (Å²) in [6.07, 6.45) is 1.85. The summed E-state index contributed by atoms with van der Waals surface area (Å²) in [5, 5.41) is 3.28. The second-order valence-corrected chi connectivity index (χ2v) is 13.9. The van der Waals surface area contributed by atoms with Crippen LogP contribution in [-0.2, 0) is 26.0 Å². The van der Waals surface area contributed by atoms with Crippen LogP contribution in [0.15, 0.2) is 89.3 Å². The van der Waals surface area contributed by atoms with Gasteiger partial charge in [0.05, 0.1) is 21.0 Å². The number of aryl methyl sites for hydroxylation is 1. The van der Waals surface area contributed by atoms with Crippen molar-refractivity contribution in [2.24, 2.45) is 11.1 Å². The maximum absolute atomic E-state index is 14.4. The summed E-state index contributed by atoms with van der Waals surface area (Å²) in [4.78, 5) is 26.5. The van der Waals surface area contributed by atoms with Crippen LogP contribution in [0.25, 0.3) is 0 Å². The molecule has 216 valence electrons. The van der Waals surface area contributed by atoms with E-state index in [2.05, 4.69) is 5.32 Å². The lowest BCUT2D eigenvalue weighted by Crippen LogP contribution is -2.48. The Hall–Kier alpha value is -3.17. The summed E-state index contributed by atoms with van der Waals surface area (Å²) < 4.78 is 30.2. The van der Waals surface area contributed by atoms with Crippen LogP contribution in [-0.4, -0.2) is 36.6 Å². The van der Waals surface area contributed by atoms with Crippen LogP contribution in [0.1, 0.15) is 43.5 Å². The second-order valence-electron chi connectivity index (χ2n) is 11.2. The van der Waals surface area contributed by atoms with Crippen molar-refractivity contribution >= 4 is 45.0 Å². The highest BCUT2D eigenvalue weighted by molar-refractivity contribution is 7.89. The van der Waals surface area contributed by atoms with Gasteiger partial charge < -0.3 is 11.1 Å². The highest BCUT2D eigenvalue weighted by atomic mass is 35.5. The monoisotopic (exact) mass is 613 g/mol. The van der Waals surface area contributed by atoms with Gasteiger partial charge in [-0.15, -0.1) is 0 Å². The molecule has 1 heterocycles. The highest BCUT2D eigenvalue weighted by Crippen LogP contribution is 2.47. The van der Waals surface area contributed by atoms with E-state index in [9.17, 15) is 18.0 Å². The number of nitrogens with two attached hydrogens (primary N) is 1. The van der Waals surface area contributed by atoms with Gasteiger partial charge in [0.25, 0.3) is 0 Å². The number of hydrogen-bond donors (Lipinski definition) is 2. The molecule has 41 heavy (non-hydrogen) atoms. The minimum Gasteiger partial charge on any atom is -0.368 e. The number of primary amides is 1. The summed E-state index contributed by atoms with van der Waals surface area (Å²) in [7, 11) is -4.15. The van der Waals surface area contributed by atoms with Gasteiger partial charge >= 0.3 is 0 Å². The number of nitrogens with zero attached hydrogens (tertiary/aromatic N) is 1.